The Morgan fingerprint density at radius 3 is 1.87 bits per heavy atom. The molecule has 0 unspecified atom stereocenters. The molecule has 86 valence electrons. The van der Waals surface area contributed by atoms with E-state index in [9.17, 15) is 22.0 Å². The predicted molar refractivity (Wildman–Crippen MR) is 47.1 cm³/mol. The van der Waals surface area contributed by atoms with Crippen LogP contribution in [0, 0.1) is 11.6 Å². The summed E-state index contributed by atoms with van der Waals surface area (Å²) < 4.78 is 60.8. The largest absolute Gasteiger partial charge is 0.419 e. The normalized spacial score (nSPS) is 10.6. The van der Waals surface area contributed by atoms with Gasteiger partial charge in [0.15, 0.2) is 0 Å². The van der Waals surface area contributed by atoms with Gasteiger partial charge in [-0.25, -0.2) is 8.78 Å². The first kappa shape index (κ1) is 13.7. The van der Waals surface area contributed by atoms with Gasteiger partial charge in [-0.15, -0.1) is 0 Å². The van der Waals surface area contributed by atoms with E-state index in [1.165, 1.54) is 0 Å². The van der Waals surface area contributed by atoms with Crippen molar-refractivity contribution in [3.8, 4) is 0 Å². The van der Waals surface area contributed by atoms with Crippen LogP contribution in [0.15, 0.2) is 12.1 Å². The molecule has 0 aliphatic carbocycles. The van der Waals surface area contributed by atoms with E-state index in [1.54, 1.807) is 0 Å². The zero-order valence-corrected chi connectivity index (χ0v) is 8.12. The molecule has 0 radical (unpaired) electrons. The van der Waals surface area contributed by atoms with Crippen LogP contribution >= 0.6 is 0 Å². The minimum absolute atomic E-state index is 0.0324. The highest BCUT2D eigenvalue weighted by atomic mass is 19.4. The maximum absolute atomic E-state index is 12.6. The second-order valence-corrected chi connectivity index (χ2v) is 2.35. The van der Waals surface area contributed by atoms with Crippen LogP contribution in [0.1, 0.15) is 19.4 Å². The van der Waals surface area contributed by atoms with Gasteiger partial charge in [0.2, 0.25) is 0 Å². The molecule has 0 fully saturated rings. The summed E-state index contributed by atoms with van der Waals surface area (Å²) in [6.45, 7) is 4.00. The number of anilines is 1. The lowest BCUT2D eigenvalue weighted by atomic mass is 10.2. The molecule has 0 aliphatic heterocycles. The maximum atomic E-state index is 12.6. The minimum Gasteiger partial charge on any atom is -0.396 e. The predicted octanol–water partition coefficient (Wildman–Crippen LogP) is 3.59. The van der Waals surface area contributed by atoms with Crippen LogP contribution in [0.2, 0.25) is 0 Å². The van der Waals surface area contributed by atoms with Crippen LogP contribution in [0.25, 0.3) is 0 Å². The Morgan fingerprint density at radius 1 is 1.00 bits per heavy atom. The molecule has 1 nitrogen and oxygen atoms in total. The van der Waals surface area contributed by atoms with E-state index in [4.69, 9.17) is 5.73 Å². The average Bonchev–Trinajstić information content (AvgIpc) is 2.13. The second-order valence-electron chi connectivity index (χ2n) is 2.35. The molecule has 1 aromatic carbocycles. The lowest BCUT2D eigenvalue weighted by Crippen LogP contribution is -2.09. The Bertz CT molecular complexity index is 332. The van der Waals surface area contributed by atoms with Gasteiger partial charge in [0, 0.05) is 6.07 Å². The molecule has 2 N–H and O–H groups in total. The number of alkyl halides is 3. The van der Waals surface area contributed by atoms with E-state index in [2.05, 4.69) is 0 Å². The second kappa shape index (κ2) is 4.95. The number of nitrogen functional groups attached to an aromatic ring is 1. The van der Waals surface area contributed by atoms with Crippen LogP contribution in [0.4, 0.5) is 27.6 Å². The molecule has 0 heterocycles. The molecular formula is C9H10F5N. The summed E-state index contributed by atoms with van der Waals surface area (Å²) >= 11 is 0. The van der Waals surface area contributed by atoms with Gasteiger partial charge in [-0.2, -0.15) is 13.2 Å². The van der Waals surface area contributed by atoms with Gasteiger partial charge in [0.05, 0.1) is 11.3 Å². The number of nitrogens with two attached hydrogens (primary N) is 1. The minimum atomic E-state index is -4.90. The molecule has 15 heavy (non-hydrogen) atoms. The molecule has 0 spiro atoms. The van der Waals surface area contributed by atoms with Crippen molar-refractivity contribution in [2.75, 3.05) is 5.73 Å². The first-order chi connectivity index (χ1) is 6.82. The fourth-order valence-corrected chi connectivity index (χ4v) is 0.779. The summed E-state index contributed by atoms with van der Waals surface area (Å²) in [5.41, 5.74) is 2.55. The third-order valence-electron chi connectivity index (χ3n) is 1.39. The van der Waals surface area contributed by atoms with E-state index >= 15 is 0 Å². The molecule has 0 aliphatic rings. The quantitative estimate of drug-likeness (QED) is 0.532. The number of halogens is 5. The van der Waals surface area contributed by atoms with Crippen molar-refractivity contribution in [1.82, 2.24) is 0 Å². The highest BCUT2D eigenvalue weighted by Gasteiger charge is 2.34. The van der Waals surface area contributed by atoms with Crippen LogP contribution in [-0.2, 0) is 6.18 Å². The standard InChI is InChI=1S/C7H4F5N.C2H6/c8-4-2-6(13)5(9)1-3(4)7(10,11)12;1-2/h1-2H,13H2;1-2H3. The summed E-state index contributed by atoms with van der Waals surface area (Å²) in [6.07, 6.45) is -4.90. The van der Waals surface area contributed by atoms with Gasteiger partial charge < -0.3 is 5.73 Å². The Kier molecular flexibility index (Phi) is 4.51. The Hall–Kier alpha value is -1.33. The van der Waals surface area contributed by atoms with Crippen molar-refractivity contribution in [2.24, 2.45) is 0 Å². The van der Waals surface area contributed by atoms with E-state index in [-0.39, 0.29) is 6.07 Å². The van der Waals surface area contributed by atoms with E-state index < -0.39 is 29.1 Å². The molecule has 0 bridgehead atoms. The van der Waals surface area contributed by atoms with E-state index in [0.717, 1.165) is 0 Å². The maximum Gasteiger partial charge on any atom is 0.419 e. The van der Waals surface area contributed by atoms with Crippen LogP contribution < -0.4 is 5.73 Å². The first-order valence-corrected chi connectivity index (χ1v) is 4.14. The van der Waals surface area contributed by atoms with E-state index in [0.29, 0.717) is 6.07 Å². The van der Waals surface area contributed by atoms with Crippen LogP contribution in [0.5, 0.6) is 0 Å². The van der Waals surface area contributed by atoms with Gasteiger partial charge >= 0.3 is 6.18 Å². The van der Waals surface area contributed by atoms with Crippen molar-refractivity contribution in [2.45, 2.75) is 20.0 Å². The van der Waals surface area contributed by atoms with Gasteiger partial charge in [0.25, 0.3) is 0 Å². The van der Waals surface area contributed by atoms with Crippen molar-refractivity contribution < 1.29 is 22.0 Å². The third kappa shape index (κ3) is 3.38. The number of hydrogen-bond donors (Lipinski definition) is 1. The Labute approximate surface area is 83.7 Å². The zero-order valence-electron chi connectivity index (χ0n) is 8.12. The molecule has 0 saturated carbocycles. The van der Waals surface area contributed by atoms with Crippen molar-refractivity contribution >= 4 is 5.69 Å². The lowest BCUT2D eigenvalue weighted by molar-refractivity contribution is -0.140. The Balaban J connectivity index is 0.000000921. The fraction of sp³-hybridized carbons (Fsp3) is 0.333. The molecule has 1 aromatic rings. The summed E-state index contributed by atoms with van der Waals surface area (Å²) in [6, 6.07) is 0.336. The number of rotatable bonds is 0. The molecule has 6 heteroatoms. The smallest absolute Gasteiger partial charge is 0.396 e. The van der Waals surface area contributed by atoms with Crippen molar-refractivity contribution in [3.05, 3.63) is 29.3 Å². The summed E-state index contributed by atoms with van der Waals surface area (Å²) in [5, 5.41) is 0. The molecule has 0 saturated heterocycles. The molecule has 0 aromatic heterocycles. The monoisotopic (exact) mass is 227 g/mol. The highest BCUT2D eigenvalue weighted by Crippen LogP contribution is 2.32. The highest BCUT2D eigenvalue weighted by molar-refractivity contribution is 5.42. The fourth-order valence-electron chi connectivity index (χ4n) is 0.779. The molecule has 1 rings (SSSR count). The van der Waals surface area contributed by atoms with Gasteiger partial charge in [-0.1, -0.05) is 13.8 Å². The van der Waals surface area contributed by atoms with Gasteiger partial charge in [-0.3, -0.25) is 0 Å². The van der Waals surface area contributed by atoms with Crippen molar-refractivity contribution in [3.63, 3.8) is 0 Å². The molecule has 0 amide bonds. The van der Waals surface area contributed by atoms with Crippen molar-refractivity contribution in [1.29, 1.82) is 0 Å². The number of benzene rings is 1. The summed E-state index contributed by atoms with van der Waals surface area (Å²) in [5.74, 6) is -2.86. The molecule has 0 atom stereocenters. The zero-order chi connectivity index (χ0) is 12.2. The first-order valence-electron chi connectivity index (χ1n) is 4.14. The van der Waals surface area contributed by atoms with Gasteiger partial charge in [-0.05, 0) is 6.07 Å². The summed E-state index contributed by atoms with van der Waals surface area (Å²) in [4.78, 5) is 0. The number of hydrogen-bond acceptors (Lipinski definition) is 1. The topological polar surface area (TPSA) is 26.0 Å². The van der Waals surface area contributed by atoms with Crippen LogP contribution in [0.3, 0.4) is 0 Å². The van der Waals surface area contributed by atoms with Crippen LogP contribution in [-0.4, -0.2) is 0 Å². The summed E-state index contributed by atoms with van der Waals surface area (Å²) in [7, 11) is 0. The lowest BCUT2D eigenvalue weighted by Gasteiger charge is -2.08. The Morgan fingerprint density at radius 2 is 1.47 bits per heavy atom. The van der Waals surface area contributed by atoms with Gasteiger partial charge in [0.1, 0.15) is 11.6 Å². The van der Waals surface area contributed by atoms with E-state index in [1.807, 2.05) is 13.8 Å². The average molecular weight is 227 g/mol. The SMILES string of the molecule is CC.Nc1cc(F)c(C(F)(F)F)cc1F. The third-order valence-corrected chi connectivity index (χ3v) is 1.39. The molecular weight excluding hydrogens is 217 g/mol.